The standard InChI is InChI=1S/C36H56N6O6/c1-26(38-16-3-9-32(38)44)22-28(40-18-5-11-34(40)46)24-30(42-20-7-13-36(42)48)25-29(41-19-6-12-35(41)47)23-27(39-17-4-10-33(39)45)14-21-37-15-2-8-31(37)43/h26-30H,2-25H2,1H3/t26-,27-,28+,29-,30-/m1/s1. The first-order chi connectivity index (χ1) is 23.2. The van der Waals surface area contributed by atoms with Gasteiger partial charge < -0.3 is 29.4 Å². The van der Waals surface area contributed by atoms with Crippen LogP contribution in [-0.4, -0.2) is 141 Å². The lowest BCUT2D eigenvalue weighted by Crippen LogP contribution is -2.51. The van der Waals surface area contributed by atoms with Crippen LogP contribution in [0.5, 0.6) is 0 Å². The largest absolute Gasteiger partial charge is 0.343 e. The highest BCUT2D eigenvalue weighted by Crippen LogP contribution is 2.33. The third kappa shape index (κ3) is 7.83. The molecule has 0 saturated carbocycles. The van der Waals surface area contributed by atoms with Gasteiger partial charge in [0.2, 0.25) is 35.4 Å². The average Bonchev–Trinajstić information content (AvgIpc) is 3.91. The molecular weight excluding hydrogens is 612 g/mol. The van der Waals surface area contributed by atoms with Crippen LogP contribution < -0.4 is 0 Å². The Kier molecular flexibility index (Phi) is 11.3. The number of hydrogen-bond acceptors (Lipinski definition) is 6. The molecule has 12 heteroatoms. The van der Waals surface area contributed by atoms with Crippen LogP contribution in [0.3, 0.4) is 0 Å². The highest BCUT2D eigenvalue weighted by atomic mass is 16.2. The Bertz CT molecular complexity index is 1240. The Morgan fingerprint density at radius 3 is 1.12 bits per heavy atom. The van der Waals surface area contributed by atoms with Gasteiger partial charge in [-0.1, -0.05) is 0 Å². The summed E-state index contributed by atoms with van der Waals surface area (Å²) in [5.74, 6) is 0.879. The SMILES string of the molecule is C[C@H](C[C@@H](C[C@H](C[C@@H](C[C@@H](CCN1CCCC1=O)N1CCCC1=O)N1CCCC1=O)N1CCCC1=O)N1CCCC1=O)N1CCCC1=O. The minimum atomic E-state index is -0.173. The van der Waals surface area contributed by atoms with Gasteiger partial charge in [0.1, 0.15) is 0 Å². The van der Waals surface area contributed by atoms with Crippen LogP contribution in [0.25, 0.3) is 0 Å². The van der Waals surface area contributed by atoms with Crippen LogP contribution >= 0.6 is 0 Å². The summed E-state index contributed by atoms with van der Waals surface area (Å²) in [4.78, 5) is 90.1. The molecule has 0 unspecified atom stereocenters. The molecule has 0 radical (unpaired) electrons. The lowest BCUT2D eigenvalue weighted by Gasteiger charge is -2.41. The topological polar surface area (TPSA) is 122 Å². The second-order valence-electron chi connectivity index (χ2n) is 15.1. The molecule has 5 atom stereocenters. The van der Waals surface area contributed by atoms with E-state index in [9.17, 15) is 28.8 Å². The van der Waals surface area contributed by atoms with Gasteiger partial charge >= 0.3 is 0 Å². The zero-order valence-electron chi connectivity index (χ0n) is 29.0. The van der Waals surface area contributed by atoms with Crippen LogP contribution in [0.15, 0.2) is 0 Å². The highest BCUT2D eigenvalue weighted by Gasteiger charge is 2.41. The van der Waals surface area contributed by atoms with Crippen molar-refractivity contribution in [1.82, 2.24) is 29.4 Å². The van der Waals surface area contributed by atoms with Crippen molar-refractivity contribution < 1.29 is 28.8 Å². The van der Waals surface area contributed by atoms with Crippen molar-refractivity contribution in [3.05, 3.63) is 0 Å². The minimum Gasteiger partial charge on any atom is -0.343 e. The second kappa shape index (κ2) is 15.6. The van der Waals surface area contributed by atoms with E-state index in [2.05, 4.69) is 6.92 Å². The maximum absolute atomic E-state index is 13.4. The van der Waals surface area contributed by atoms with Crippen molar-refractivity contribution in [3.63, 3.8) is 0 Å². The van der Waals surface area contributed by atoms with Gasteiger partial charge in [-0.25, -0.2) is 0 Å². The molecule has 48 heavy (non-hydrogen) atoms. The first-order valence-electron chi connectivity index (χ1n) is 18.9. The Morgan fingerprint density at radius 1 is 0.417 bits per heavy atom. The summed E-state index contributed by atoms with van der Waals surface area (Å²) in [6, 6.07) is -0.567. The van der Waals surface area contributed by atoms with Gasteiger partial charge in [0, 0.05) is 115 Å². The summed E-state index contributed by atoms with van der Waals surface area (Å²) in [6.45, 7) is 6.90. The summed E-state index contributed by atoms with van der Waals surface area (Å²) in [6.07, 6.45) is 11.3. The predicted octanol–water partition coefficient (Wildman–Crippen LogP) is 2.53. The molecule has 0 spiro atoms. The molecule has 0 aromatic heterocycles. The number of nitrogens with zero attached hydrogens (tertiary/aromatic N) is 6. The normalized spacial score (nSPS) is 25.4. The van der Waals surface area contributed by atoms with Gasteiger partial charge in [-0.2, -0.15) is 0 Å². The molecule has 6 saturated heterocycles. The van der Waals surface area contributed by atoms with Crippen LogP contribution in [-0.2, 0) is 28.8 Å². The maximum Gasteiger partial charge on any atom is 0.222 e. The van der Waals surface area contributed by atoms with Crippen molar-refractivity contribution in [2.24, 2.45) is 0 Å². The van der Waals surface area contributed by atoms with Crippen LogP contribution in [0.4, 0.5) is 0 Å². The smallest absolute Gasteiger partial charge is 0.222 e. The Morgan fingerprint density at radius 2 is 0.750 bits per heavy atom. The summed E-state index contributed by atoms with van der Waals surface area (Å²) < 4.78 is 0. The molecular formula is C36H56N6O6. The molecule has 0 aromatic rings. The van der Waals surface area contributed by atoms with E-state index in [4.69, 9.17) is 0 Å². The second-order valence-corrected chi connectivity index (χ2v) is 15.1. The van der Waals surface area contributed by atoms with Gasteiger partial charge in [0.15, 0.2) is 0 Å². The van der Waals surface area contributed by atoms with E-state index in [1.54, 1.807) is 0 Å². The van der Waals surface area contributed by atoms with Crippen LogP contribution in [0.2, 0.25) is 0 Å². The molecule has 6 rings (SSSR count). The van der Waals surface area contributed by atoms with Crippen molar-refractivity contribution in [2.75, 3.05) is 45.8 Å². The van der Waals surface area contributed by atoms with Gasteiger partial charge in [0.25, 0.3) is 0 Å². The molecule has 6 heterocycles. The van der Waals surface area contributed by atoms with Gasteiger partial charge in [-0.3, -0.25) is 28.8 Å². The van der Waals surface area contributed by atoms with Crippen molar-refractivity contribution >= 4 is 35.4 Å². The summed E-state index contributed by atoms with van der Waals surface area (Å²) in [5.41, 5.74) is 0. The average molecular weight is 669 g/mol. The van der Waals surface area contributed by atoms with E-state index in [0.717, 1.165) is 51.6 Å². The van der Waals surface area contributed by atoms with E-state index in [1.165, 1.54) is 0 Å². The first-order valence-corrected chi connectivity index (χ1v) is 18.9. The molecule has 6 amide bonds. The molecule has 6 aliphatic rings. The van der Waals surface area contributed by atoms with Crippen LogP contribution in [0.1, 0.15) is 116 Å². The van der Waals surface area contributed by atoms with E-state index >= 15 is 0 Å². The van der Waals surface area contributed by atoms with Crippen molar-refractivity contribution in [3.8, 4) is 0 Å². The predicted molar refractivity (Wildman–Crippen MR) is 178 cm³/mol. The lowest BCUT2D eigenvalue weighted by molar-refractivity contribution is -0.133. The monoisotopic (exact) mass is 668 g/mol. The van der Waals surface area contributed by atoms with Crippen molar-refractivity contribution in [1.29, 1.82) is 0 Å². The van der Waals surface area contributed by atoms with Gasteiger partial charge in [-0.15, -0.1) is 0 Å². The fourth-order valence-corrected chi connectivity index (χ4v) is 9.52. The third-order valence-electron chi connectivity index (χ3n) is 12.0. The molecule has 0 bridgehead atoms. The van der Waals surface area contributed by atoms with E-state index < -0.39 is 0 Å². The van der Waals surface area contributed by atoms with Gasteiger partial charge in [0.05, 0.1) is 0 Å². The Hall–Kier alpha value is -3.18. The quantitative estimate of drug-likeness (QED) is 0.249. The number of amides is 6. The highest BCUT2D eigenvalue weighted by molar-refractivity contribution is 5.81. The molecule has 0 N–H and O–H groups in total. The van der Waals surface area contributed by atoms with Crippen LogP contribution in [0, 0.1) is 0 Å². The molecule has 6 fully saturated rings. The molecule has 0 aromatic carbocycles. The fourth-order valence-electron chi connectivity index (χ4n) is 9.52. The van der Waals surface area contributed by atoms with E-state index in [-0.39, 0.29) is 65.7 Å². The zero-order chi connectivity index (χ0) is 33.8. The molecule has 266 valence electrons. The maximum atomic E-state index is 13.4. The van der Waals surface area contributed by atoms with Crippen molar-refractivity contribution in [2.45, 2.75) is 146 Å². The molecule has 6 aliphatic heterocycles. The minimum absolute atomic E-state index is 0.0110. The number of likely N-dealkylation sites (tertiary alicyclic amines) is 6. The number of hydrogen-bond donors (Lipinski definition) is 0. The number of carbonyl (C=O) groups is 6. The fraction of sp³-hybridized carbons (Fsp3) is 0.833. The zero-order valence-corrected chi connectivity index (χ0v) is 29.0. The Labute approximate surface area is 285 Å². The Balaban J connectivity index is 1.26. The molecule has 0 aliphatic carbocycles. The molecule has 12 nitrogen and oxygen atoms in total. The summed E-state index contributed by atoms with van der Waals surface area (Å²) in [5, 5.41) is 0. The summed E-state index contributed by atoms with van der Waals surface area (Å²) >= 11 is 0. The number of carbonyl (C=O) groups excluding carboxylic acids is 6. The number of rotatable bonds is 16. The first kappa shape index (κ1) is 34.7. The van der Waals surface area contributed by atoms with E-state index in [0.29, 0.717) is 103 Å². The van der Waals surface area contributed by atoms with E-state index in [1.807, 2.05) is 29.4 Å². The third-order valence-corrected chi connectivity index (χ3v) is 12.0. The van der Waals surface area contributed by atoms with Gasteiger partial charge in [-0.05, 0) is 77.6 Å². The summed E-state index contributed by atoms with van der Waals surface area (Å²) in [7, 11) is 0. The lowest BCUT2D eigenvalue weighted by atomic mass is 9.89.